The van der Waals surface area contributed by atoms with Gasteiger partial charge in [0.1, 0.15) is 0 Å². The SMILES string of the molecule is CCn1c(C)cc(CNc2ccc(Br)cc2)c1C. The van der Waals surface area contributed by atoms with Gasteiger partial charge in [0.25, 0.3) is 0 Å². The molecule has 0 spiro atoms. The van der Waals surface area contributed by atoms with Crippen LogP contribution in [-0.4, -0.2) is 4.57 Å². The predicted octanol–water partition coefficient (Wildman–Crippen LogP) is 4.50. The monoisotopic (exact) mass is 306 g/mol. The number of rotatable bonds is 4. The summed E-state index contributed by atoms with van der Waals surface area (Å²) in [5.74, 6) is 0. The number of anilines is 1. The van der Waals surface area contributed by atoms with E-state index in [1.54, 1.807) is 0 Å². The third-order valence-electron chi connectivity index (χ3n) is 3.32. The Morgan fingerprint density at radius 2 is 1.83 bits per heavy atom. The molecule has 0 atom stereocenters. The van der Waals surface area contributed by atoms with Crippen LogP contribution in [0.5, 0.6) is 0 Å². The van der Waals surface area contributed by atoms with E-state index >= 15 is 0 Å². The van der Waals surface area contributed by atoms with E-state index in [4.69, 9.17) is 0 Å². The van der Waals surface area contributed by atoms with Crippen molar-refractivity contribution in [2.75, 3.05) is 5.32 Å². The highest BCUT2D eigenvalue weighted by Gasteiger charge is 2.07. The van der Waals surface area contributed by atoms with Crippen LogP contribution in [0.15, 0.2) is 34.8 Å². The van der Waals surface area contributed by atoms with Gasteiger partial charge in [-0.3, -0.25) is 0 Å². The van der Waals surface area contributed by atoms with Crippen LogP contribution in [0.3, 0.4) is 0 Å². The molecule has 0 saturated heterocycles. The fraction of sp³-hybridized carbons (Fsp3) is 0.333. The lowest BCUT2D eigenvalue weighted by atomic mass is 10.2. The first-order chi connectivity index (χ1) is 8.61. The van der Waals surface area contributed by atoms with Crippen molar-refractivity contribution in [2.24, 2.45) is 0 Å². The van der Waals surface area contributed by atoms with Gasteiger partial charge in [-0.15, -0.1) is 0 Å². The zero-order chi connectivity index (χ0) is 13.1. The molecule has 0 aliphatic carbocycles. The second kappa shape index (κ2) is 5.61. The topological polar surface area (TPSA) is 17.0 Å². The van der Waals surface area contributed by atoms with E-state index in [0.717, 1.165) is 23.2 Å². The molecule has 96 valence electrons. The van der Waals surface area contributed by atoms with Crippen LogP contribution in [-0.2, 0) is 13.1 Å². The summed E-state index contributed by atoms with van der Waals surface area (Å²) >= 11 is 3.44. The van der Waals surface area contributed by atoms with Crippen LogP contribution in [0, 0.1) is 13.8 Å². The molecule has 18 heavy (non-hydrogen) atoms. The van der Waals surface area contributed by atoms with Gasteiger partial charge in [0.15, 0.2) is 0 Å². The van der Waals surface area contributed by atoms with Gasteiger partial charge in [0.2, 0.25) is 0 Å². The van der Waals surface area contributed by atoms with Gasteiger partial charge >= 0.3 is 0 Å². The molecule has 1 aromatic heterocycles. The van der Waals surface area contributed by atoms with Crippen molar-refractivity contribution in [3.8, 4) is 0 Å². The maximum absolute atomic E-state index is 3.46. The summed E-state index contributed by atoms with van der Waals surface area (Å²) in [4.78, 5) is 0. The fourth-order valence-corrected chi connectivity index (χ4v) is 2.57. The molecule has 3 heteroatoms. The van der Waals surface area contributed by atoms with Gasteiger partial charge in [-0.1, -0.05) is 15.9 Å². The van der Waals surface area contributed by atoms with Crippen LogP contribution in [0.4, 0.5) is 5.69 Å². The summed E-state index contributed by atoms with van der Waals surface area (Å²) < 4.78 is 3.45. The van der Waals surface area contributed by atoms with Crippen molar-refractivity contribution in [3.63, 3.8) is 0 Å². The van der Waals surface area contributed by atoms with Crippen LogP contribution in [0.1, 0.15) is 23.9 Å². The summed E-state index contributed by atoms with van der Waals surface area (Å²) in [6.45, 7) is 8.46. The number of aromatic nitrogens is 1. The van der Waals surface area contributed by atoms with E-state index in [2.05, 4.69) is 76.9 Å². The summed E-state index contributed by atoms with van der Waals surface area (Å²) in [5.41, 5.74) is 5.22. The van der Waals surface area contributed by atoms with Gasteiger partial charge in [0, 0.05) is 34.6 Å². The molecule has 2 nitrogen and oxygen atoms in total. The van der Waals surface area contributed by atoms with Crippen molar-refractivity contribution in [1.29, 1.82) is 0 Å². The molecule has 2 aromatic rings. The lowest BCUT2D eigenvalue weighted by Gasteiger charge is -2.08. The first-order valence-electron chi connectivity index (χ1n) is 6.27. The maximum Gasteiger partial charge on any atom is 0.0418 e. The predicted molar refractivity (Wildman–Crippen MR) is 81.0 cm³/mol. The normalized spacial score (nSPS) is 10.7. The highest BCUT2D eigenvalue weighted by molar-refractivity contribution is 9.10. The number of aryl methyl sites for hydroxylation is 1. The smallest absolute Gasteiger partial charge is 0.0418 e. The minimum absolute atomic E-state index is 0.876. The first kappa shape index (κ1) is 13.2. The lowest BCUT2D eigenvalue weighted by molar-refractivity contribution is 0.715. The Kier molecular flexibility index (Phi) is 4.12. The molecule has 0 amide bonds. The Bertz CT molecular complexity index is 526. The largest absolute Gasteiger partial charge is 0.381 e. The second-order valence-corrected chi connectivity index (χ2v) is 5.42. The number of nitrogens with zero attached hydrogens (tertiary/aromatic N) is 1. The third-order valence-corrected chi connectivity index (χ3v) is 3.85. The molecule has 0 aliphatic heterocycles. The number of hydrogen-bond acceptors (Lipinski definition) is 1. The zero-order valence-electron chi connectivity index (χ0n) is 11.1. The molecular weight excluding hydrogens is 288 g/mol. The highest BCUT2D eigenvalue weighted by Crippen LogP contribution is 2.18. The average Bonchev–Trinajstić information content (AvgIpc) is 2.63. The van der Waals surface area contributed by atoms with Gasteiger partial charge < -0.3 is 9.88 Å². The summed E-state index contributed by atoms with van der Waals surface area (Å²) in [7, 11) is 0. The Labute approximate surface area is 117 Å². The highest BCUT2D eigenvalue weighted by atomic mass is 79.9. The standard InChI is InChI=1S/C15H19BrN2/c1-4-18-11(2)9-13(12(18)3)10-17-15-7-5-14(16)6-8-15/h5-9,17H,4,10H2,1-3H3. The number of hydrogen-bond donors (Lipinski definition) is 1. The first-order valence-corrected chi connectivity index (χ1v) is 7.06. The molecule has 0 unspecified atom stereocenters. The van der Waals surface area contributed by atoms with Crippen LogP contribution >= 0.6 is 15.9 Å². The minimum atomic E-state index is 0.876. The molecule has 0 radical (unpaired) electrons. The summed E-state index contributed by atoms with van der Waals surface area (Å²) in [5, 5.41) is 3.46. The van der Waals surface area contributed by atoms with E-state index in [-0.39, 0.29) is 0 Å². The van der Waals surface area contributed by atoms with E-state index in [9.17, 15) is 0 Å². The van der Waals surface area contributed by atoms with E-state index in [0.29, 0.717) is 0 Å². The molecular formula is C15H19BrN2. The van der Waals surface area contributed by atoms with Crippen molar-refractivity contribution in [3.05, 3.63) is 51.8 Å². The van der Waals surface area contributed by atoms with Crippen molar-refractivity contribution < 1.29 is 0 Å². The quantitative estimate of drug-likeness (QED) is 0.880. The van der Waals surface area contributed by atoms with Gasteiger partial charge in [-0.2, -0.15) is 0 Å². The van der Waals surface area contributed by atoms with Crippen molar-refractivity contribution >= 4 is 21.6 Å². The second-order valence-electron chi connectivity index (χ2n) is 4.50. The molecule has 0 fully saturated rings. The van der Waals surface area contributed by atoms with Crippen molar-refractivity contribution in [2.45, 2.75) is 33.9 Å². The van der Waals surface area contributed by atoms with E-state index < -0.39 is 0 Å². The average molecular weight is 307 g/mol. The van der Waals surface area contributed by atoms with Crippen molar-refractivity contribution in [1.82, 2.24) is 4.57 Å². The maximum atomic E-state index is 3.46. The molecule has 1 aromatic carbocycles. The summed E-state index contributed by atoms with van der Waals surface area (Å²) in [6, 6.07) is 10.5. The Hall–Kier alpha value is -1.22. The van der Waals surface area contributed by atoms with Gasteiger partial charge in [-0.05, 0) is 56.7 Å². The molecule has 2 rings (SSSR count). The number of halogens is 1. The molecule has 1 heterocycles. The number of benzene rings is 1. The molecule has 0 bridgehead atoms. The molecule has 0 aliphatic rings. The fourth-order valence-electron chi connectivity index (χ4n) is 2.30. The third kappa shape index (κ3) is 2.78. The molecule has 1 N–H and O–H groups in total. The Balaban J connectivity index is 2.08. The zero-order valence-corrected chi connectivity index (χ0v) is 12.7. The Morgan fingerprint density at radius 3 is 2.39 bits per heavy atom. The van der Waals surface area contributed by atoms with Gasteiger partial charge in [-0.25, -0.2) is 0 Å². The minimum Gasteiger partial charge on any atom is -0.381 e. The van der Waals surface area contributed by atoms with Gasteiger partial charge in [0.05, 0.1) is 0 Å². The lowest BCUT2D eigenvalue weighted by Crippen LogP contribution is -2.03. The number of nitrogens with one attached hydrogen (secondary N) is 1. The Morgan fingerprint density at radius 1 is 1.17 bits per heavy atom. The van der Waals surface area contributed by atoms with Crippen LogP contribution in [0.2, 0.25) is 0 Å². The van der Waals surface area contributed by atoms with Crippen LogP contribution in [0.25, 0.3) is 0 Å². The van der Waals surface area contributed by atoms with E-state index in [1.807, 2.05) is 0 Å². The van der Waals surface area contributed by atoms with E-state index in [1.165, 1.54) is 17.0 Å². The summed E-state index contributed by atoms with van der Waals surface area (Å²) in [6.07, 6.45) is 0. The molecule has 0 saturated carbocycles. The van der Waals surface area contributed by atoms with Crippen LogP contribution < -0.4 is 5.32 Å².